The summed E-state index contributed by atoms with van der Waals surface area (Å²) in [5.74, 6) is 1.05. The molecule has 0 fully saturated rings. The van der Waals surface area contributed by atoms with Gasteiger partial charge in [0.1, 0.15) is 12.4 Å². The van der Waals surface area contributed by atoms with Crippen molar-refractivity contribution in [2.75, 3.05) is 5.32 Å². The zero-order valence-corrected chi connectivity index (χ0v) is 15.7. The number of anilines is 1. The molecule has 0 atom stereocenters. The molecule has 1 aromatic heterocycles. The van der Waals surface area contributed by atoms with Crippen LogP contribution in [0.15, 0.2) is 48.5 Å². The van der Waals surface area contributed by atoms with Crippen molar-refractivity contribution in [2.24, 2.45) is 0 Å². The number of carbonyl (C=O) groups excluding carboxylic acids is 1. The predicted molar refractivity (Wildman–Crippen MR) is 103 cm³/mol. The van der Waals surface area contributed by atoms with E-state index in [2.05, 4.69) is 27.8 Å². The average molecular weight is 365 g/mol. The van der Waals surface area contributed by atoms with Crippen molar-refractivity contribution in [3.8, 4) is 5.75 Å². The van der Waals surface area contributed by atoms with Crippen molar-refractivity contribution >= 4 is 11.6 Å². The average Bonchev–Trinajstić information content (AvgIpc) is 3.16. The molecule has 0 unspecified atom stereocenters. The van der Waals surface area contributed by atoms with Crippen LogP contribution in [0.25, 0.3) is 0 Å². The van der Waals surface area contributed by atoms with E-state index >= 15 is 0 Å². The number of para-hydroxylation sites is 1. The maximum absolute atomic E-state index is 12.6. The van der Waals surface area contributed by atoms with Gasteiger partial charge in [-0.15, -0.1) is 5.10 Å². The lowest BCUT2D eigenvalue weighted by Crippen LogP contribution is -2.13. The number of nitrogens with zero attached hydrogens (tertiary/aromatic N) is 4. The topological polar surface area (TPSA) is 81.9 Å². The second kappa shape index (κ2) is 8.44. The van der Waals surface area contributed by atoms with E-state index in [0.29, 0.717) is 17.1 Å². The highest BCUT2D eigenvalue weighted by molar-refractivity contribution is 6.04. The molecule has 3 aromatic rings. The van der Waals surface area contributed by atoms with Gasteiger partial charge >= 0.3 is 0 Å². The number of benzene rings is 2. The molecule has 0 saturated carbocycles. The summed E-state index contributed by atoms with van der Waals surface area (Å²) in [6.45, 7) is 6.29. The summed E-state index contributed by atoms with van der Waals surface area (Å²) in [5.41, 5.74) is 2.45. The maximum Gasteiger partial charge on any atom is 0.255 e. The molecule has 1 N–H and O–H groups in total. The van der Waals surface area contributed by atoms with Gasteiger partial charge in [-0.2, -0.15) is 0 Å². The summed E-state index contributed by atoms with van der Waals surface area (Å²) in [6, 6.07) is 15.0. The van der Waals surface area contributed by atoms with Crippen LogP contribution in [-0.4, -0.2) is 26.1 Å². The Kier molecular flexibility index (Phi) is 5.80. The summed E-state index contributed by atoms with van der Waals surface area (Å²) in [5, 5.41) is 14.6. The lowest BCUT2D eigenvalue weighted by molar-refractivity contribution is 0.102. The second-order valence-corrected chi connectivity index (χ2v) is 6.41. The number of amides is 1. The summed E-state index contributed by atoms with van der Waals surface area (Å²) >= 11 is 0. The molecule has 1 heterocycles. The lowest BCUT2D eigenvalue weighted by atomic mass is 10.1. The zero-order chi connectivity index (χ0) is 19.2. The Labute approximate surface area is 158 Å². The monoisotopic (exact) mass is 365 g/mol. The molecule has 0 bridgehead atoms. The Bertz CT molecular complexity index is 920. The van der Waals surface area contributed by atoms with Crippen LogP contribution in [0.1, 0.15) is 48.6 Å². The summed E-state index contributed by atoms with van der Waals surface area (Å²) in [7, 11) is 0. The Morgan fingerprint density at radius 1 is 1.19 bits per heavy atom. The van der Waals surface area contributed by atoms with E-state index < -0.39 is 0 Å². The quantitative estimate of drug-likeness (QED) is 0.691. The minimum Gasteiger partial charge on any atom is -0.486 e. The zero-order valence-electron chi connectivity index (χ0n) is 15.7. The molecule has 0 aliphatic heterocycles. The van der Waals surface area contributed by atoms with Gasteiger partial charge in [0.25, 0.3) is 5.91 Å². The van der Waals surface area contributed by atoms with Crippen LogP contribution in [0.4, 0.5) is 5.69 Å². The second-order valence-electron chi connectivity index (χ2n) is 6.41. The molecule has 0 aliphatic rings. The van der Waals surface area contributed by atoms with Crippen LogP contribution in [0, 0.1) is 0 Å². The van der Waals surface area contributed by atoms with Gasteiger partial charge < -0.3 is 10.1 Å². The maximum atomic E-state index is 12.6. The van der Waals surface area contributed by atoms with Gasteiger partial charge in [0.05, 0.1) is 6.04 Å². The number of carbonyl (C=O) groups is 1. The number of aromatic nitrogens is 4. The van der Waals surface area contributed by atoms with E-state index in [-0.39, 0.29) is 18.6 Å². The van der Waals surface area contributed by atoms with Crippen LogP contribution in [0.5, 0.6) is 5.75 Å². The van der Waals surface area contributed by atoms with Crippen LogP contribution in [0.2, 0.25) is 0 Å². The molecule has 0 aliphatic carbocycles. The van der Waals surface area contributed by atoms with E-state index in [0.717, 1.165) is 17.7 Å². The molecule has 27 heavy (non-hydrogen) atoms. The molecule has 2 aromatic carbocycles. The van der Waals surface area contributed by atoms with Crippen LogP contribution < -0.4 is 10.1 Å². The molecule has 140 valence electrons. The van der Waals surface area contributed by atoms with Crippen molar-refractivity contribution in [3.63, 3.8) is 0 Å². The van der Waals surface area contributed by atoms with Gasteiger partial charge in [0.15, 0.2) is 5.82 Å². The molecule has 0 spiro atoms. The molecule has 7 heteroatoms. The number of tetrazole rings is 1. The van der Waals surface area contributed by atoms with Gasteiger partial charge in [-0.3, -0.25) is 4.79 Å². The fourth-order valence-corrected chi connectivity index (χ4v) is 2.73. The van der Waals surface area contributed by atoms with Gasteiger partial charge in [0.2, 0.25) is 0 Å². The molecular weight excluding hydrogens is 342 g/mol. The minimum atomic E-state index is -0.173. The highest BCUT2D eigenvalue weighted by atomic mass is 16.5. The summed E-state index contributed by atoms with van der Waals surface area (Å²) in [6.07, 6.45) is 0.851. The lowest BCUT2D eigenvalue weighted by Gasteiger charge is -2.11. The first-order chi connectivity index (χ1) is 13.1. The van der Waals surface area contributed by atoms with Gasteiger partial charge in [-0.25, -0.2) is 4.68 Å². The highest BCUT2D eigenvalue weighted by Gasteiger charge is 2.12. The number of nitrogens with one attached hydrogen (secondary N) is 1. The summed E-state index contributed by atoms with van der Waals surface area (Å²) < 4.78 is 7.49. The van der Waals surface area contributed by atoms with Crippen molar-refractivity contribution in [3.05, 3.63) is 65.5 Å². The Hall–Kier alpha value is -3.22. The summed E-state index contributed by atoms with van der Waals surface area (Å²) in [4.78, 5) is 12.6. The van der Waals surface area contributed by atoms with Gasteiger partial charge in [-0.05, 0) is 60.5 Å². The first-order valence-electron chi connectivity index (χ1n) is 8.97. The standard InChI is InChI=1S/C20H23N5O2/c1-4-15-8-5-6-11-18(15)21-20(26)16-9-7-10-17(12-16)27-13-19-22-23-24-25(19)14(2)3/h5-12,14H,4,13H2,1-3H3,(H,21,26). The highest BCUT2D eigenvalue weighted by Crippen LogP contribution is 2.19. The Morgan fingerprint density at radius 2 is 2.00 bits per heavy atom. The van der Waals surface area contributed by atoms with E-state index in [1.54, 1.807) is 28.9 Å². The van der Waals surface area contributed by atoms with Gasteiger partial charge in [-0.1, -0.05) is 31.2 Å². The van der Waals surface area contributed by atoms with Gasteiger partial charge in [0, 0.05) is 11.3 Å². The molecule has 1 amide bonds. The number of hydrogen-bond acceptors (Lipinski definition) is 5. The number of rotatable bonds is 7. The fourth-order valence-electron chi connectivity index (χ4n) is 2.73. The smallest absolute Gasteiger partial charge is 0.255 e. The van der Waals surface area contributed by atoms with E-state index in [4.69, 9.17) is 4.74 Å². The normalized spacial score (nSPS) is 10.8. The third-order valence-corrected chi connectivity index (χ3v) is 4.16. The first kappa shape index (κ1) is 18.6. The Morgan fingerprint density at radius 3 is 2.78 bits per heavy atom. The number of aryl methyl sites for hydroxylation is 1. The van der Waals surface area contributed by atoms with E-state index in [9.17, 15) is 4.79 Å². The molecule has 7 nitrogen and oxygen atoms in total. The SMILES string of the molecule is CCc1ccccc1NC(=O)c1cccc(OCc2nnnn2C(C)C)c1. The van der Waals surface area contributed by atoms with E-state index in [1.807, 2.05) is 38.1 Å². The molecule has 0 radical (unpaired) electrons. The fraction of sp³-hybridized carbons (Fsp3) is 0.300. The molecule has 3 rings (SSSR count). The molecule has 0 saturated heterocycles. The third-order valence-electron chi connectivity index (χ3n) is 4.16. The number of hydrogen-bond donors (Lipinski definition) is 1. The van der Waals surface area contributed by atoms with Crippen molar-refractivity contribution in [1.29, 1.82) is 0 Å². The van der Waals surface area contributed by atoms with Crippen molar-refractivity contribution < 1.29 is 9.53 Å². The largest absolute Gasteiger partial charge is 0.486 e. The van der Waals surface area contributed by atoms with Crippen molar-refractivity contribution in [1.82, 2.24) is 20.2 Å². The predicted octanol–water partition coefficient (Wildman–Crippen LogP) is 3.65. The van der Waals surface area contributed by atoms with E-state index in [1.165, 1.54) is 0 Å². The van der Waals surface area contributed by atoms with Crippen molar-refractivity contribution in [2.45, 2.75) is 39.8 Å². The third kappa shape index (κ3) is 4.49. The first-order valence-corrected chi connectivity index (χ1v) is 8.97. The van der Waals surface area contributed by atoms with Crippen LogP contribution in [-0.2, 0) is 13.0 Å². The Balaban J connectivity index is 1.69. The molecular formula is C20H23N5O2. The van der Waals surface area contributed by atoms with Crippen LogP contribution in [0.3, 0.4) is 0 Å². The number of ether oxygens (including phenoxy) is 1. The van der Waals surface area contributed by atoms with Crippen LogP contribution >= 0.6 is 0 Å². The minimum absolute atomic E-state index is 0.148.